The van der Waals surface area contributed by atoms with Crippen molar-refractivity contribution in [1.82, 2.24) is 0 Å². The van der Waals surface area contributed by atoms with Crippen molar-refractivity contribution in [2.75, 3.05) is 0 Å². The van der Waals surface area contributed by atoms with Gasteiger partial charge < -0.3 is 5.41 Å². The third-order valence-electron chi connectivity index (χ3n) is 3.51. The normalized spacial score (nSPS) is 14.1. The van der Waals surface area contributed by atoms with Gasteiger partial charge in [-0.25, -0.2) is 0 Å². The minimum atomic E-state index is 0.640. The molecule has 1 nitrogen and oxygen atoms in total. The molecule has 0 fully saturated rings. The van der Waals surface area contributed by atoms with Crippen molar-refractivity contribution in [3.63, 3.8) is 0 Å². The summed E-state index contributed by atoms with van der Waals surface area (Å²) in [6.07, 6.45) is 8.80. The summed E-state index contributed by atoms with van der Waals surface area (Å²) in [7, 11) is 0. The first kappa shape index (κ1) is 13.3. The Morgan fingerprint density at radius 3 is 1.86 bits per heavy atom. The lowest BCUT2D eigenvalue weighted by atomic mass is 9.92. The molecule has 0 aliphatic heterocycles. The molecule has 2 aromatic carbocycles. The van der Waals surface area contributed by atoms with Gasteiger partial charge in [0.05, 0.1) is 0 Å². The Bertz CT molecular complexity index is 677. The van der Waals surface area contributed by atoms with E-state index in [1.54, 1.807) is 0 Å². The van der Waals surface area contributed by atoms with Gasteiger partial charge in [0.15, 0.2) is 0 Å². The van der Waals surface area contributed by atoms with E-state index in [1.807, 2.05) is 24.3 Å². The van der Waals surface area contributed by atoms with E-state index in [9.17, 15) is 0 Å². The van der Waals surface area contributed by atoms with Gasteiger partial charge in [-0.3, -0.25) is 0 Å². The Hall–Kier alpha value is -2.67. The van der Waals surface area contributed by atoms with Crippen molar-refractivity contribution in [3.05, 3.63) is 102 Å². The lowest BCUT2D eigenvalue weighted by molar-refractivity contribution is 1.39. The Morgan fingerprint density at radius 2 is 1.29 bits per heavy atom. The monoisotopic (exact) mass is 271 g/mol. The average molecular weight is 271 g/mol. The van der Waals surface area contributed by atoms with E-state index >= 15 is 0 Å². The summed E-state index contributed by atoms with van der Waals surface area (Å²) >= 11 is 0. The van der Waals surface area contributed by atoms with E-state index in [1.165, 1.54) is 16.7 Å². The Kier molecular flexibility index (Phi) is 3.92. The van der Waals surface area contributed by atoms with E-state index in [0.717, 1.165) is 5.57 Å². The zero-order chi connectivity index (χ0) is 14.5. The summed E-state index contributed by atoms with van der Waals surface area (Å²) < 4.78 is 0. The molecule has 0 spiro atoms. The molecule has 0 atom stereocenters. The molecule has 0 amide bonds. The third kappa shape index (κ3) is 3.09. The maximum Gasteiger partial charge on any atom is 0.0351 e. The van der Waals surface area contributed by atoms with E-state index in [-0.39, 0.29) is 0 Å². The second-order valence-corrected chi connectivity index (χ2v) is 5.03. The molecular formula is C20H17N. The molecule has 1 aliphatic carbocycles. The minimum Gasteiger partial charge on any atom is -0.305 e. The van der Waals surface area contributed by atoms with Crippen molar-refractivity contribution < 1.29 is 0 Å². The molecule has 0 aromatic heterocycles. The Labute approximate surface area is 125 Å². The standard InChI is InChI=1S/C20H17N/c21-19-13-7-12-18(14-15-19)20(16-8-3-1-4-9-16)17-10-5-2-6-11-17/h1-12,14-15,21H,13H2. The molecular weight excluding hydrogens is 254 g/mol. The number of hydrogen-bond acceptors (Lipinski definition) is 1. The molecule has 0 bridgehead atoms. The number of hydrogen-bond donors (Lipinski definition) is 1. The fourth-order valence-corrected chi connectivity index (χ4v) is 2.50. The third-order valence-corrected chi connectivity index (χ3v) is 3.51. The van der Waals surface area contributed by atoms with Gasteiger partial charge in [0, 0.05) is 12.1 Å². The predicted molar refractivity (Wildman–Crippen MR) is 89.5 cm³/mol. The topological polar surface area (TPSA) is 23.9 Å². The molecule has 1 heteroatoms. The second kappa shape index (κ2) is 6.19. The van der Waals surface area contributed by atoms with Crippen LogP contribution < -0.4 is 0 Å². The maximum absolute atomic E-state index is 7.81. The van der Waals surface area contributed by atoms with Gasteiger partial charge in [-0.15, -0.1) is 0 Å². The van der Waals surface area contributed by atoms with E-state index in [2.05, 4.69) is 60.7 Å². The van der Waals surface area contributed by atoms with Crippen molar-refractivity contribution in [1.29, 1.82) is 5.41 Å². The molecule has 1 aliphatic rings. The zero-order valence-corrected chi connectivity index (χ0v) is 11.8. The smallest absolute Gasteiger partial charge is 0.0351 e. The van der Waals surface area contributed by atoms with Crippen LogP contribution in [0.5, 0.6) is 0 Å². The van der Waals surface area contributed by atoms with Gasteiger partial charge in [-0.1, -0.05) is 78.9 Å². The van der Waals surface area contributed by atoms with Gasteiger partial charge in [0.2, 0.25) is 0 Å². The fraction of sp³-hybridized carbons (Fsp3) is 0.0500. The van der Waals surface area contributed by atoms with Crippen LogP contribution in [0.1, 0.15) is 17.5 Å². The predicted octanol–water partition coefficient (Wildman–Crippen LogP) is 5.02. The molecule has 102 valence electrons. The summed E-state index contributed by atoms with van der Waals surface area (Å²) in [5.74, 6) is 0. The van der Waals surface area contributed by atoms with Gasteiger partial charge in [0.25, 0.3) is 0 Å². The molecule has 0 saturated heterocycles. The van der Waals surface area contributed by atoms with Crippen LogP contribution in [0.25, 0.3) is 5.57 Å². The summed E-state index contributed by atoms with van der Waals surface area (Å²) in [4.78, 5) is 0. The van der Waals surface area contributed by atoms with Crippen LogP contribution in [-0.2, 0) is 0 Å². The number of allylic oxidation sites excluding steroid dienone is 5. The van der Waals surface area contributed by atoms with Gasteiger partial charge in [-0.2, -0.15) is 0 Å². The van der Waals surface area contributed by atoms with Crippen LogP contribution in [0.2, 0.25) is 0 Å². The number of benzene rings is 2. The molecule has 0 heterocycles. The van der Waals surface area contributed by atoms with Crippen LogP contribution in [0.3, 0.4) is 0 Å². The van der Waals surface area contributed by atoms with Crippen molar-refractivity contribution in [3.8, 4) is 0 Å². The maximum atomic E-state index is 7.81. The highest BCUT2D eigenvalue weighted by atomic mass is 14.4. The largest absolute Gasteiger partial charge is 0.305 e. The van der Waals surface area contributed by atoms with Crippen LogP contribution in [-0.4, -0.2) is 5.71 Å². The van der Waals surface area contributed by atoms with Crippen LogP contribution in [0, 0.1) is 5.41 Å². The summed E-state index contributed by atoms with van der Waals surface area (Å²) in [5.41, 5.74) is 5.39. The first-order chi connectivity index (χ1) is 10.3. The van der Waals surface area contributed by atoms with Crippen LogP contribution >= 0.6 is 0 Å². The highest BCUT2D eigenvalue weighted by Gasteiger charge is 2.09. The van der Waals surface area contributed by atoms with Gasteiger partial charge in [-0.05, 0) is 28.3 Å². The second-order valence-electron chi connectivity index (χ2n) is 5.03. The number of rotatable bonds is 2. The molecule has 0 saturated carbocycles. The summed E-state index contributed by atoms with van der Waals surface area (Å²) in [5, 5.41) is 7.81. The lowest BCUT2D eigenvalue weighted by Gasteiger charge is -2.11. The summed E-state index contributed by atoms with van der Waals surface area (Å²) in [6.45, 7) is 0. The number of nitrogens with one attached hydrogen (secondary N) is 1. The molecule has 0 unspecified atom stereocenters. The molecule has 2 aromatic rings. The van der Waals surface area contributed by atoms with Crippen LogP contribution in [0.4, 0.5) is 0 Å². The van der Waals surface area contributed by atoms with E-state index in [4.69, 9.17) is 5.41 Å². The first-order valence-corrected chi connectivity index (χ1v) is 7.12. The lowest BCUT2D eigenvalue weighted by Crippen LogP contribution is -1.91. The molecule has 0 radical (unpaired) electrons. The Morgan fingerprint density at radius 1 is 0.714 bits per heavy atom. The molecule has 3 rings (SSSR count). The van der Waals surface area contributed by atoms with Crippen molar-refractivity contribution in [2.24, 2.45) is 0 Å². The molecule has 21 heavy (non-hydrogen) atoms. The molecule has 1 N–H and O–H groups in total. The quantitative estimate of drug-likeness (QED) is 0.792. The van der Waals surface area contributed by atoms with E-state index < -0.39 is 0 Å². The summed E-state index contributed by atoms with van der Waals surface area (Å²) in [6, 6.07) is 20.8. The zero-order valence-electron chi connectivity index (χ0n) is 11.8. The van der Waals surface area contributed by atoms with E-state index in [0.29, 0.717) is 12.1 Å². The highest BCUT2D eigenvalue weighted by Crippen LogP contribution is 2.29. The fourth-order valence-electron chi connectivity index (χ4n) is 2.50. The Balaban J connectivity index is 2.22. The van der Waals surface area contributed by atoms with Crippen molar-refractivity contribution >= 4 is 11.3 Å². The van der Waals surface area contributed by atoms with Gasteiger partial charge in [0.1, 0.15) is 0 Å². The van der Waals surface area contributed by atoms with Gasteiger partial charge >= 0.3 is 0 Å². The first-order valence-electron chi connectivity index (χ1n) is 7.12. The minimum absolute atomic E-state index is 0.640. The average Bonchev–Trinajstić information content (AvgIpc) is 2.75. The SMILES string of the molecule is N=C1C=CC(=C(c2ccccc2)c2ccccc2)C=CC1. The van der Waals surface area contributed by atoms with Crippen LogP contribution in [0.15, 0.2) is 90.5 Å². The van der Waals surface area contributed by atoms with Crippen molar-refractivity contribution in [2.45, 2.75) is 6.42 Å². The highest BCUT2D eigenvalue weighted by molar-refractivity contribution is 5.96.